The molecule has 0 aliphatic rings. The Morgan fingerprint density at radius 2 is 0.582 bits per heavy atom. The summed E-state index contributed by atoms with van der Waals surface area (Å²) in [7, 11) is -9.80. The van der Waals surface area contributed by atoms with Gasteiger partial charge in [0.1, 0.15) is 25.4 Å². The highest BCUT2D eigenvalue weighted by Gasteiger charge is 2.29. The molecule has 0 amide bonds. The van der Waals surface area contributed by atoms with Crippen molar-refractivity contribution in [1.82, 2.24) is 0 Å². The van der Waals surface area contributed by atoms with E-state index in [-0.39, 0.29) is 19.3 Å². The number of hydrogen-bond donors (Lipinski definition) is 4. The summed E-state index contributed by atoms with van der Waals surface area (Å²) in [4.78, 5) is 58.4. The van der Waals surface area contributed by atoms with Crippen molar-refractivity contribution >= 4 is 33.6 Å². The first-order valence-corrected chi connectivity index (χ1v) is 37.8. The molecule has 0 heterocycles. The van der Waals surface area contributed by atoms with Crippen molar-refractivity contribution in [3.05, 3.63) is 122 Å². The number of phosphoric acid groups is 2. The van der Waals surface area contributed by atoms with Crippen LogP contribution in [-0.2, 0) is 55.8 Å². The lowest BCUT2D eigenvalue weighted by Gasteiger charge is -2.21. The molecule has 0 spiro atoms. The van der Waals surface area contributed by atoms with Gasteiger partial charge >= 0.3 is 33.6 Å². The maximum atomic E-state index is 12.9. The first-order chi connectivity index (χ1) is 44.2. The Labute approximate surface area is 551 Å². The van der Waals surface area contributed by atoms with Crippen molar-refractivity contribution < 1.29 is 75.8 Å². The number of aliphatic hydroxyl groups excluding tert-OH is 2. The van der Waals surface area contributed by atoms with Crippen LogP contribution in [0.5, 0.6) is 0 Å². The molecular weight excluding hydrogens is 1190 g/mol. The zero-order valence-corrected chi connectivity index (χ0v) is 58.3. The first-order valence-electron chi connectivity index (χ1n) is 34.8. The molecule has 0 aromatic heterocycles. The van der Waals surface area contributed by atoms with Crippen molar-refractivity contribution in [2.75, 3.05) is 39.6 Å². The molecule has 0 rings (SSSR count). The van der Waals surface area contributed by atoms with Crippen LogP contribution in [0.3, 0.4) is 0 Å². The van der Waals surface area contributed by atoms with Crippen LogP contribution in [0.25, 0.3) is 0 Å². The lowest BCUT2D eigenvalue weighted by Crippen LogP contribution is -2.30. The molecule has 0 fully saturated rings. The summed E-state index contributed by atoms with van der Waals surface area (Å²) in [5, 5.41) is 20.6. The monoisotopic (exact) mass is 1320 g/mol. The second kappa shape index (κ2) is 66.0. The molecule has 16 nitrogen and oxygen atoms in total. The Kier molecular flexibility index (Phi) is 63.1. The minimum atomic E-state index is -4.94. The Morgan fingerprint density at radius 3 is 0.923 bits per heavy atom. The molecule has 4 N–H and O–H groups in total. The molecule has 522 valence electrons. The smallest absolute Gasteiger partial charge is 0.463 e. The number of allylic oxidation sites excluding steroid dienone is 20. The Hall–Kier alpha value is -4.05. The molecule has 0 aromatic carbocycles. The summed E-state index contributed by atoms with van der Waals surface area (Å²) < 4.78 is 60.9. The third-order valence-electron chi connectivity index (χ3n) is 14.1. The zero-order valence-electron chi connectivity index (χ0n) is 56.5. The largest absolute Gasteiger partial charge is 0.472 e. The number of ether oxygens (including phenoxy) is 3. The number of esters is 3. The summed E-state index contributed by atoms with van der Waals surface area (Å²) in [6, 6.07) is 0. The van der Waals surface area contributed by atoms with Gasteiger partial charge in [-0.3, -0.25) is 32.5 Å². The molecule has 0 aliphatic heterocycles. The van der Waals surface area contributed by atoms with Crippen LogP contribution in [0.2, 0.25) is 0 Å². The third-order valence-corrected chi connectivity index (χ3v) is 16.0. The number of phosphoric ester groups is 2. The highest BCUT2D eigenvalue weighted by Crippen LogP contribution is 2.45. The summed E-state index contributed by atoms with van der Waals surface area (Å²) in [5.74, 6) is -1.63. The van der Waals surface area contributed by atoms with E-state index in [1.165, 1.54) is 44.9 Å². The Bertz CT molecular complexity index is 2140. The number of carbonyl (C=O) groups is 3. The van der Waals surface area contributed by atoms with Crippen molar-refractivity contribution in [3.63, 3.8) is 0 Å². The minimum absolute atomic E-state index is 0.0785. The van der Waals surface area contributed by atoms with Crippen molar-refractivity contribution in [3.8, 4) is 0 Å². The van der Waals surface area contributed by atoms with Gasteiger partial charge in [-0.2, -0.15) is 0 Å². The van der Waals surface area contributed by atoms with Crippen molar-refractivity contribution in [1.29, 1.82) is 0 Å². The second-order valence-corrected chi connectivity index (χ2v) is 25.8. The van der Waals surface area contributed by atoms with E-state index in [1.807, 2.05) is 0 Å². The molecule has 0 bridgehead atoms. The van der Waals surface area contributed by atoms with E-state index in [2.05, 4.69) is 142 Å². The van der Waals surface area contributed by atoms with Gasteiger partial charge in [0, 0.05) is 19.3 Å². The van der Waals surface area contributed by atoms with Crippen LogP contribution in [0.15, 0.2) is 122 Å². The summed E-state index contributed by atoms with van der Waals surface area (Å²) in [6.45, 7) is 2.43. The normalized spacial score (nSPS) is 14.9. The average molecular weight is 1320 g/mol. The average Bonchev–Trinajstić information content (AvgIpc) is 3.62. The molecule has 0 saturated heterocycles. The van der Waals surface area contributed by atoms with Crippen LogP contribution in [0, 0.1) is 0 Å². The Balaban J connectivity index is 4.70. The van der Waals surface area contributed by atoms with Crippen molar-refractivity contribution in [2.24, 2.45) is 0 Å². The lowest BCUT2D eigenvalue weighted by molar-refractivity contribution is -0.161. The van der Waals surface area contributed by atoms with Gasteiger partial charge in [0.2, 0.25) is 0 Å². The predicted octanol–water partition coefficient (Wildman–Crippen LogP) is 19.4. The van der Waals surface area contributed by atoms with E-state index in [0.717, 1.165) is 161 Å². The summed E-state index contributed by atoms with van der Waals surface area (Å²) in [6.07, 6.45) is 75.3. The maximum Gasteiger partial charge on any atom is 0.472 e. The van der Waals surface area contributed by atoms with E-state index in [0.29, 0.717) is 19.3 Å². The van der Waals surface area contributed by atoms with Gasteiger partial charge < -0.3 is 34.2 Å². The highest BCUT2D eigenvalue weighted by atomic mass is 31.2. The van der Waals surface area contributed by atoms with Gasteiger partial charge in [0.15, 0.2) is 6.10 Å². The van der Waals surface area contributed by atoms with E-state index < -0.39 is 91.5 Å². The topological polar surface area (TPSA) is 231 Å². The quantitative estimate of drug-likeness (QED) is 0.0146. The van der Waals surface area contributed by atoms with Gasteiger partial charge in [0.05, 0.1) is 26.4 Å². The van der Waals surface area contributed by atoms with Crippen LogP contribution in [0.4, 0.5) is 0 Å². The number of unbranched alkanes of at least 4 members (excludes halogenated alkanes) is 22. The van der Waals surface area contributed by atoms with Crippen LogP contribution >= 0.6 is 15.6 Å². The molecule has 0 aromatic rings. The van der Waals surface area contributed by atoms with E-state index in [1.54, 1.807) is 0 Å². The van der Waals surface area contributed by atoms with Crippen LogP contribution in [0.1, 0.15) is 265 Å². The molecule has 0 aliphatic carbocycles. The molecule has 0 saturated carbocycles. The molecule has 5 unspecified atom stereocenters. The van der Waals surface area contributed by atoms with Crippen molar-refractivity contribution in [2.45, 2.75) is 283 Å². The molecule has 0 radical (unpaired) electrons. The zero-order chi connectivity index (χ0) is 66.7. The fourth-order valence-electron chi connectivity index (χ4n) is 8.81. The minimum Gasteiger partial charge on any atom is -0.463 e. The SMILES string of the molecule is CC/C=C\C/C=C\C/C=C\CCCCCCCC(=O)OC(COC(=O)CCCCCCCC/C=C\C/C=C\C/C=C\CCCCC)COP(=O)(O)OCC(O)COP(=O)(O)OCC(O)COC(=O)CCCCCCC/C=C\C/C=C\C/C=C\C/C=C\CCCCC. The number of aliphatic hydroxyl groups is 2. The van der Waals surface area contributed by atoms with Gasteiger partial charge in [-0.25, -0.2) is 9.13 Å². The fraction of sp³-hybridized carbons (Fsp3) is 0.685. The first kappa shape index (κ1) is 87.0. The van der Waals surface area contributed by atoms with Gasteiger partial charge in [-0.1, -0.05) is 232 Å². The number of hydrogen-bond acceptors (Lipinski definition) is 14. The number of rotatable bonds is 65. The maximum absolute atomic E-state index is 12.9. The van der Waals surface area contributed by atoms with Gasteiger partial charge in [0.25, 0.3) is 0 Å². The summed E-state index contributed by atoms with van der Waals surface area (Å²) in [5.41, 5.74) is 0. The summed E-state index contributed by atoms with van der Waals surface area (Å²) >= 11 is 0. The molecule has 5 atom stereocenters. The Morgan fingerprint density at radius 1 is 0.319 bits per heavy atom. The van der Waals surface area contributed by atoms with Crippen LogP contribution < -0.4 is 0 Å². The molecule has 18 heteroatoms. The van der Waals surface area contributed by atoms with Gasteiger partial charge in [-0.15, -0.1) is 0 Å². The van der Waals surface area contributed by atoms with Crippen LogP contribution in [-0.4, -0.2) is 95.9 Å². The predicted molar refractivity (Wildman–Crippen MR) is 371 cm³/mol. The van der Waals surface area contributed by atoms with E-state index in [9.17, 15) is 43.5 Å². The van der Waals surface area contributed by atoms with E-state index >= 15 is 0 Å². The lowest BCUT2D eigenvalue weighted by atomic mass is 10.1. The van der Waals surface area contributed by atoms with E-state index in [4.69, 9.17) is 32.3 Å². The highest BCUT2D eigenvalue weighted by molar-refractivity contribution is 7.47. The fourth-order valence-corrected chi connectivity index (χ4v) is 10.4. The molecule has 91 heavy (non-hydrogen) atoms. The van der Waals surface area contributed by atoms with Gasteiger partial charge in [-0.05, 0) is 135 Å². The standard InChI is InChI=1S/C73H124O16P2/c1-4-7-10-13-16-19-22-25-28-30-32-33-35-37-39-41-44-47-50-53-56-59-71(76)83-62-68(74)63-85-90(79,80)86-64-69(75)65-87-91(81,82)88-67-70(89-73(78)61-58-55-52-49-46-43-38-27-24-21-18-15-12-9-6-3)66-84-72(77)60-57-54-51-48-45-42-40-36-34-31-29-26-23-20-17-14-11-8-5-2/h9,12,16-21,25-29,32-34,36-39,68-70,74-75H,4-8,10-11,13-15,22-24,30-31,35,40-67H2,1-3H3,(H,79,80)(H,81,82)/b12-9-,19-16-,20-17-,21-18-,28-25-,29-26-,33-32-,36-34-,38-27-,39-37-. The number of carbonyl (C=O) groups excluding carboxylic acids is 3. The second-order valence-electron chi connectivity index (χ2n) is 22.9. The molecular formula is C73H124O16P2. The third kappa shape index (κ3) is 67.2.